The summed E-state index contributed by atoms with van der Waals surface area (Å²) in [5.41, 5.74) is 1.27. The Morgan fingerprint density at radius 1 is 1.23 bits per heavy atom. The van der Waals surface area contributed by atoms with Gasteiger partial charge in [0, 0.05) is 51.8 Å². The lowest BCUT2D eigenvalue weighted by Crippen LogP contribution is -2.38. The Balaban J connectivity index is 0.00000338. The van der Waals surface area contributed by atoms with Gasteiger partial charge in [0.1, 0.15) is 5.82 Å². The molecular formula is C19H31IN6. The number of guanidine groups is 1. The molecule has 2 rings (SSSR count). The van der Waals surface area contributed by atoms with Crippen molar-refractivity contribution in [3.05, 3.63) is 48.4 Å². The molecule has 2 heterocycles. The summed E-state index contributed by atoms with van der Waals surface area (Å²) < 4.78 is 2.14. The lowest BCUT2D eigenvalue weighted by atomic mass is 10.3. The molecule has 2 aromatic heterocycles. The highest BCUT2D eigenvalue weighted by Crippen LogP contribution is 2.04. The number of rotatable bonds is 9. The van der Waals surface area contributed by atoms with E-state index in [9.17, 15) is 0 Å². The number of unbranched alkanes of at least 4 members (excludes halogenated alkanes) is 1. The van der Waals surface area contributed by atoms with E-state index in [1.807, 2.05) is 18.2 Å². The molecule has 6 nitrogen and oxygen atoms in total. The maximum absolute atomic E-state index is 4.75. The molecule has 0 aromatic carbocycles. The van der Waals surface area contributed by atoms with Gasteiger partial charge in [-0.05, 0) is 44.0 Å². The summed E-state index contributed by atoms with van der Waals surface area (Å²) in [6.07, 6.45) is 5.99. The molecule has 7 heteroatoms. The van der Waals surface area contributed by atoms with Crippen molar-refractivity contribution < 1.29 is 0 Å². The molecule has 0 saturated carbocycles. The van der Waals surface area contributed by atoms with E-state index in [-0.39, 0.29) is 24.0 Å². The van der Waals surface area contributed by atoms with Crippen LogP contribution in [0.1, 0.15) is 25.5 Å². The Hall–Kier alpha value is -1.77. The number of hydrogen-bond donors (Lipinski definition) is 2. The van der Waals surface area contributed by atoms with E-state index in [0.29, 0.717) is 0 Å². The van der Waals surface area contributed by atoms with Gasteiger partial charge < -0.3 is 20.1 Å². The summed E-state index contributed by atoms with van der Waals surface area (Å²) in [4.78, 5) is 11.2. The van der Waals surface area contributed by atoms with Crippen LogP contribution in [0.3, 0.4) is 0 Å². The number of aryl methyl sites for hydroxylation is 1. The van der Waals surface area contributed by atoms with Crippen LogP contribution in [-0.4, -0.2) is 47.1 Å². The van der Waals surface area contributed by atoms with Gasteiger partial charge in [-0.1, -0.05) is 6.07 Å². The van der Waals surface area contributed by atoms with Crippen molar-refractivity contribution in [2.24, 2.45) is 12.0 Å². The van der Waals surface area contributed by atoms with Crippen molar-refractivity contribution in [1.82, 2.24) is 19.8 Å². The number of aromatic nitrogens is 2. The maximum atomic E-state index is 4.75. The van der Waals surface area contributed by atoms with Crippen LogP contribution < -0.4 is 10.6 Å². The fourth-order valence-electron chi connectivity index (χ4n) is 2.55. The van der Waals surface area contributed by atoms with Crippen LogP contribution in [-0.2, 0) is 13.6 Å². The third kappa shape index (κ3) is 7.63. The summed E-state index contributed by atoms with van der Waals surface area (Å²) in [6.45, 7) is 5.56. The molecule has 0 aliphatic carbocycles. The van der Waals surface area contributed by atoms with Crippen molar-refractivity contribution >= 4 is 35.8 Å². The first-order valence-electron chi connectivity index (χ1n) is 8.95. The Bertz CT molecular complexity index is 640. The molecule has 2 aromatic rings. The summed E-state index contributed by atoms with van der Waals surface area (Å²) in [5.74, 6) is 1.89. The largest absolute Gasteiger partial charge is 0.370 e. The predicted octanol–water partition coefficient (Wildman–Crippen LogP) is 3.33. The van der Waals surface area contributed by atoms with E-state index in [2.05, 4.69) is 64.4 Å². The minimum absolute atomic E-state index is 0. The van der Waals surface area contributed by atoms with Gasteiger partial charge in [-0.15, -0.1) is 24.0 Å². The van der Waals surface area contributed by atoms with E-state index >= 15 is 0 Å². The average molecular weight is 470 g/mol. The smallest absolute Gasteiger partial charge is 0.194 e. The lowest BCUT2D eigenvalue weighted by molar-refractivity contribution is 0.461. The number of pyridine rings is 1. The van der Waals surface area contributed by atoms with Crippen LogP contribution in [0, 0.1) is 0 Å². The van der Waals surface area contributed by atoms with Crippen molar-refractivity contribution in [2.75, 3.05) is 32.0 Å². The number of aliphatic imine (C=N–C) groups is 1. The van der Waals surface area contributed by atoms with Gasteiger partial charge in [0.2, 0.25) is 0 Å². The monoisotopic (exact) mass is 470 g/mol. The van der Waals surface area contributed by atoms with E-state index in [1.54, 1.807) is 6.20 Å². The van der Waals surface area contributed by atoms with Gasteiger partial charge in [-0.25, -0.2) is 4.98 Å². The number of halogens is 1. The third-order valence-electron chi connectivity index (χ3n) is 3.96. The van der Waals surface area contributed by atoms with Crippen molar-refractivity contribution in [2.45, 2.75) is 26.3 Å². The molecule has 0 saturated heterocycles. The molecule has 0 atom stereocenters. The van der Waals surface area contributed by atoms with E-state index in [4.69, 9.17) is 4.99 Å². The van der Waals surface area contributed by atoms with Crippen molar-refractivity contribution in [1.29, 1.82) is 0 Å². The average Bonchev–Trinajstić information content (AvgIpc) is 3.02. The summed E-state index contributed by atoms with van der Waals surface area (Å²) in [7, 11) is 4.15. The normalized spacial score (nSPS) is 11.0. The molecule has 0 amide bonds. The molecule has 2 N–H and O–H groups in total. The van der Waals surface area contributed by atoms with Crippen LogP contribution >= 0.6 is 24.0 Å². The van der Waals surface area contributed by atoms with Gasteiger partial charge in [-0.2, -0.15) is 0 Å². The second kappa shape index (κ2) is 12.6. The molecule has 0 radical (unpaired) electrons. The highest BCUT2D eigenvalue weighted by atomic mass is 127. The maximum Gasteiger partial charge on any atom is 0.194 e. The van der Waals surface area contributed by atoms with Crippen LogP contribution in [0.15, 0.2) is 47.7 Å². The van der Waals surface area contributed by atoms with Crippen LogP contribution in [0.5, 0.6) is 0 Å². The first kappa shape index (κ1) is 22.3. The van der Waals surface area contributed by atoms with Crippen LogP contribution in [0.25, 0.3) is 0 Å². The predicted molar refractivity (Wildman–Crippen MR) is 120 cm³/mol. The summed E-state index contributed by atoms with van der Waals surface area (Å²) >= 11 is 0. The summed E-state index contributed by atoms with van der Waals surface area (Å²) in [5, 5.41) is 6.70. The van der Waals surface area contributed by atoms with Gasteiger partial charge in [0.25, 0.3) is 0 Å². The van der Waals surface area contributed by atoms with Gasteiger partial charge in [0.15, 0.2) is 5.96 Å². The van der Waals surface area contributed by atoms with E-state index in [0.717, 1.165) is 50.8 Å². The molecule has 26 heavy (non-hydrogen) atoms. The van der Waals surface area contributed by atoms with Crippen molar-refractivity contribution in [3.8, 4) is 0 Å². The minimum Gasteiger partial charge on any atom is -0.370 e. The quantitative estimate of drug-likeness (QED) is 0.256. The zero-order chi connectivity index (χ0) is 17.9. The minimum atomic E-state index is 0. The Labute approximate surface area is 174 Å². The molecule has 0 unspecified atom stereocenters. The molecule has 0 bridgehead atoms. The zero-order valence-corrected chi connectivity index (χ0v) is 18.3. The van der Waals surface area contributed by atoms with Crippen LogP contribution in [0.2, 0.25) is 0 Å². The standard InChI is InChI=1S/C19H30N6.HI/c1-4-20-19(25(3)16-17-10-9-15-24(17)2)23-14-8-7-13-22-18-11-5-6-12-21-18;/h5-6,9-12,15H,4,7-8,13-14,16H2,1-3H3,(H,20,23)(H,21,22);1H. The fourth-order valence-corrected chi connectivity index (χ4v) is 2.55. The highest BCUT2D eigenvalue weighted by molar-refractivity contribution is 14.0. The molecule has 0 aliphatic heterocycles. The van der Waals surface area contributed by atoms with Crippen LogP contribution in [0.4, 0.5) is 5.82 Å². The first-order chi connectivity index (χ1) is 12.2. The SMILES string of the molecule is CCNC(=NCCCCNc1ccccn1)N(C)Cc1cccn1C.I. The topological polar surface area (TPSA) is 57.5 Å². The Kier molecular flexibility index (Phi) is 10.8. The highest BCUT2D eigenvalue weighted by Gasteiger charge is 2.07. The molecular weight excluding hydrogens is 439 g/mol. The second-order valence-electron chi connectivity index (χ2n) is 6.05. The van der Waals surface area contributed by atoms with Gasteiger partial charge in [-0.3, -0.25) is 4.99 Å². The van der Waals surface area contributed by atoms with Gasteiger partial charge >= 0.3 is 0 Å². The Morgan fingerprint density at radius 3 is 2.73 bits per heavy atom. The molecule has 0 spiro atoms. The first-order valence-corrected chi connectivity index (χ1v) is 8.95. The number of nitrogens with zero attached hydrogens (tertiary/aromatic N) is 4. The fraction of sp³-hybridized carbons (Fsp3) is 0.474. The molecule has 144 valence electrons. The van der Waals surface area contributed by atoms with E-state index in [1.165, 1.54) is 5.69 Å². The number of anilines is 1. The second-order valence-corrected chi connectivity index (χ2v) is 6.05. The summed E-state index contributed by atoms with van der Waals surface area (Å²) in [6, 6.07) is 10.1. The number of hydrogen-bond acceptors (Lipinski definition) is 3. The molecule has 0 fully saturated rings. The van der Waals surface area contributed by atoms with E-state index < -0.39 is 0 Å². The molecule has 0 aliphatic rings. The zero-order valence-electron chi connectivity index (χ0n) is 16.0. The lowest BCUT2D eigenvalue weighted by Gasteiger charge is -2.22. The van der Waals surface area contributed by atoms with Crippen molar-refractivity contribution in [3.63, 3.8) is 0 Å². The number of nitrogens with one attached hydrogen (secondary N) is 2. The Morgan fingerprint density at radius 2 is 2.08 bits per heavy atom. The third-order valence-corrected chi connectivity index (χ3v) is 3.96. The van der Waals surface area contributed by atoms with Gasteiger partial charge in [0.05, 0.1) is 6.54 Å².